The summed E-state index contributed by atoms with van der Waals surface area (Å²) >= 11 is 0. The van der Waals surface area contributed by atoms with Gasteiger partial charge in [-0.25, -0.2) is 0 Å². The number of fused-ring (bicyclic) bond motifs is 1. The van der Waals surface area contributed by atoms with Gasteiger partial charge in [-0.3, -0.25) is 0 Å². The van der Waals surface area contributed by atoms with Crippen LogP contribution in [0.25, 0.3) is 0 Å². The quantitative estimate of drug-likeness (QED) is 0.668. The van der Waals surface area contributed by atoms with E-state index in [0.29, 0.717) is 11.8 Å². The van der Waals surface area contributed by atoms with Crippen LogP contribution in [0.1, 0.15) is 47.0 Å². The maximum atomic E-state index is 10.1. The molecule has 16 heavy (non-hydrogen) atoms. The Morgan fingerprint density at radius 3 is 2.75 bits per heavy atom. The van der Waals surface area contributed by atoms with Gasteiger partial charge < -0.3 is 5.11 Å². The van der Waals surface area contributed by atoms with Crippen LogP contribution in [0.15, 0.2) is 23.8 Å². The van der Waals surface area contributed by atoms with E-state index >= 15 is 0 Å². The first kappa shape index (κ1) is 11.9. The van der Waals surface area contributed by atoms with Crippen LogP contribution in [0.5, 0.6) is 0 Å². The van der Waals surface area contributed by atoms with Crippen molar-refractivity contribution in [3.8, 4) is 0 Å². The molecule has 0 saturated heterocycles. The first-order valence-electron chi connectivity index (χ1n) is 6.45. The topological polar surface area (TPSA) is 20.2 Å². The highest BCUT2D eigenvalue weighted by Gasteiger charge is 2.39. The van der Waals surface area contributed by atoms with Gasteiger partial charge in [0.1, 0.15) is 0 Å². The maximum Gasteiger partial charge on any atom is 0.0654 e. The highest BCUT2D eigenvalue weighted by atomic mass is 16.3. The minimum Gasteiger partial charge on any atom is -0.390 e. The van der Waals surface area contributed by atoms with Gasteiger partial charge in [0.05, 0.1) is 5.60 Å². The Labute approximate surface area is 99.3 Å². The molecule has 2 rings (SSSR count). The molecular weight excluding hydrogens is 196 g/mol. The lowest BCUT2D eigenvalue weighted by Gasteiger charge is -2.43. The zero-order valence-corrected chi connectivity index (χ0v) is 11.0. The van der Waals surface area contributed by atoms with Crippen molar-refractivity contribution in [2.45, 2.75) is 52.6 Å². The number of hydrogen-bond donors (Lipinski definition) is 1. The molecule has 0 aromatic heterocycles. The van der Waals surface area contributed by atoms with Crippen LogP contribution in [0.2, 0.25) is 0 Å². The number of rotatable bonds is 1. The summed E-state index contributed by atoms with van der Waals surface area (Å²) in [6, 6.07) is 0. The summed E-state index contributed by atoms with van der Waals surface area (Å²) in [5.74, 6) is 0.963. The fourth-order valence-electron chi connectivity index (χ4n) is 3.21. The van der Waals surface area contributed by atoms with Gasteiger partial charge in [-0.2, -0.15) is 0 Å². The van der Waals surface area contributed by atoms with Gasteiger partial charge in [0.15, 0.2) is 0 Å². The summed E-state index contributed by atoms with van der Waals surface area (Å²) < 4.78 is 0. The second kappa shape index (κ2) is 3.73. The lowest BCUT2D eigenvalue weighted by molar-refractivity contribution is 0.0253. The summed E-state index contributed by atoms with van der Waals surface area (Å²) in [4.78, 5) is 0. The third-order valence-electron chi connectivity index (χ3n) is 4.43. The molecule has 2 aliphatic carbocycles. The zero-order chi connectivity index (χ0) is 12.0. The summed E-state index contributed by atoms with van der Waals surface area (Å²) in [5.41, 5.74) is 1.24. The second-order valence-electron chi connectivity index (χ2n) is 6.38. The van der Waals surface area contributed by atoms with E-state index in [2.05, 4.69) is 32.1 Å². The molecule has 0 aromatic rings. The molecule has 0 amide bonds. The number of aliphatic hydroxyl groups is 1. The van der Waals surface area contributed by atoms with E-state index in [1.807, 2.05) is 13.8 Å². The van der Waals surface area contributed by atoms with Crippen molar-refractivity contribution in [1.29, 1.82) is 0 Å². The van der Waals surface area contributed by atoms with Gasteiger partial charge in [-0.05, 0) is 39.0 Å². The largest absolute Gasteiger partial charge is 0.390 e. The molecule has 0 fully saturated rings. The molecule has 0 bridgehead atoms. The molecule has 1 nitrogen and oxygen atoms in total. The molecule has 0 spiro atoms. The van der Waals surface area contributed by atoms with Crippen LogP contribution in [0.4, 0.5) is 0 Å². The summed E-state index contributed by atoms with van der Waals surface area (Å²) in [7, 11) is 0. The number of hydrogen-bond acceptors (Lipinski definition) is 1. The predicted octanol–water partition coefficient (Wildman–Crippen LogP) is 3.70. The smallest absolute Gasteiger partial charge is 0.0654 e. The maximum absolute atomic E-state index is 10.1. The van der Waals surface area contributed by atoms with Crippen LogP contribution < -0.4 is 0 Å². The van der Waals surface area contributed by atoms with Crippen molar-refractivity contribution in [2.75, 3.05) is 0 Å². The Bertz CT molecular complexity index is 332. The Morgan fingerprint density at radius 2 is 2.12 bits per heavy atom. The average molecular weight is 220 g/mol. The van der Waals surface area contributed by atoms with Crippen LogP contribution in [-0.4, -0.2) is 10.7 Å². The van der Waals surface area contributed by atoms with E-state index in [4.69, 9.17) is 0 Å². The molecule has 3 atom stereocenters. The van der Waals surface area contributed by atoms with Crippen molar-refractivity contribution in [2.24, 2.45) is 17.3 Å². The standard InChI is InChI=1S/C15H24O/c1-11-6-5-8-15(4)9-7-12(10-13(11)15)14(2,3)16/h5,8,10-12,16H,6-7,9H2,1-4H3/t11-,12-,15-/m1/s1. The number of allylic oxidation sites excluding steroid dienone is 3. The highest BCUT2D eigenvalue weighted by Crippen LogP contribution is 2.48. The van der Waals surface area contributed by atoms with Crippen LogP contribution in [0.3, 0.4) is 0 Å². The van der Waals surface area contributed by atoms with Gasteiger partial charge in [-0.1, -0.05) is 37.6 Å². The first-order valence-corrected chi connectivity index (χ1v) is 6.45. The molecule has 0 radical (unpaired) electrons. The summed E-state index contributed by atoms with van der Waals surface area (Å²) in [6.45, 7) is 8.51. The molecule has 2 aliphatic rings. The molecule has 0 aliphatic heterocycles. The normalized spacial score (nSPS) is 39.2. The van der Waals surface area contributed by atoms with Crippen molar-refractivity contribution in [1.82, 2.24) is 0 Å². The Kier molecular flexibility index (Phi) is 2.78. The van der Waals surface area contributed by atoms with Crippen LogP contribution in [0, 0.1) is 17.3 Å². The Morgan fingerprint density at radius 1 is 1.44 bits per heavy atom. The molecule has 0 aromatic carbocycles. The summed E-state index contributed by atoms with van der Waals surface area (Å²) in [5, 5.41) is 10.1. The zero-order valence-electron chi connectivity index (χ0n) is 11.0. The minimum atomic E-state index is -0.574. The molecule has 0 saturated carbocycles. The van der Waals surface area contributed by atoms with E-state index in [1.165, 1.54) is 6.42 Å². The molecule has 90 valence electrons. The van der Waals surface area contributed by atoms with Crippen molar-refractivity contribution in [3.63, 3.8) is 0 Å². The van der Waals surface area contributed by atoms with E-state index in [0.717, 1.165) is 12.8 Å². The van der Waals surface area contributed by atoms with Crippen molar-refractivity contribution in [3.05, 3.63) is 23.8 Å². The molecular formula is C15H24O. The van der Waals surface area contributed by atoms with Gasteiger partial charge in [-0.15, -0.1) is 0 Å². The second-order valence-corrected chi connectivity index (χ2v) is 6.38. The van der Waals surface area contributed by atoms with E-state index < -0.39 is 5.60 Å². The van der Waals surface area contributed by atoms with Gasteiger partial charge >= 0.3 is 0 Å². The highest BCUT2D eigenvalue weighted by molar-refractivity contribution is 5.31. The van der Waals surface area contributed by atoms with E-state index in [9.17, 15) is 5.11 Å². The van der Waals surface area contributed by atoms with Gasteiger partial charge in [0, 0.05) is 11.3 Å². The minimum absolute atomic E-state index is 0.263. The predicted molar refractivity (Wildman–Crippen MR) is 68.1 cm³/mol. The lowest BCUT2D eigenvalue weighted by atomic mass is 9.62. The summed E-state index contributed by atoms with van der Waals surface area (Å²) in [6.07, 6.45) is 10.5. The van der Waals surface area contributed by atoms with Crippen LogP contribution in [-0.2, 0) is 0 Å². The van der Waals surface area contributed by atoms with E-state index in [-0.39, 0.29) is 5.41 Å². The van der Waals surface area contributed by atoms with Crippen LogP contribution >= 0.6 is 0 Å². The van der Waals surface area contributed by atoms with Gasteiger partial charge in [0.2, 0.25) is 0 Å². The van der Waals surface area contributed by atoms with Crippen molar-refractivity contribution < 1.29 is 5.11 Å². The monoisotopic (exact) mass is 220 g/mol. The fraction of sp³-hybridized carbons (Fsp3) is 0.733. The Hall–Kier alpha value is -0.560. The molecule has 1 N–H and O–H groups in total. The third kappa shape index (κ3) is 1.98. The fourth-order valence-corrected chi connectivity index (χ4v) is 3.21. The lowest BCUT2D eigenvalue weighted by Crippen LogP contribution is -2.37. The first-order chi connectivity index (χ1) is 7.33. The Balaban J connectivity index is 2.35. The van der Waals surface area contributed by atoms with E-state index in [1.54, 1.807) is 5.57 Å². The average Bonchev–Trinajstić information content (AvgIpc) is 2.15. The van der Waals surface area contributed by atoms with Gasteiger partial charge in [0.25, 0.3) is 0 Å². The SMILES string of the molecule is C[C@@H]1CC=C[C@]2(C)CC[C@@H](C(C)(C)O)C=C12. The molecule has 1 heteroatoms. The molecule has 0 unspecified atom stereocenters. The molecule has 0 heterocycles. The third-order valence-corrected chi connectivity index (χ3v) is 4.43. The van der Waals surface area contributed by atoms with Crippen molar-refractivity contribution >= 4 is 0 Å².